The Morgan fingerprint density at radius 1 is 1.50 bits per heavy atom. The molecule has 2 heteroatoms. The summed E-state index contributed by atoms with van der Waals surface area (Å²) >= 11 is 0. The first-order valence-electron chi connectivity index (χ1n) is 6.21. The van der Waals surface area contributed by atoms with Crippen molar-refractivity contribution in [3.8, 4) is 0 Å². The lowest BCUT2D eigenvalue weighted by atomic mass is 9.92. The molecule has 3 unspecified atom stereocenters. The van der Waals surface area contributed by atoms with Crippen molar-refractivity contribution in [3.63, 3.8) is 0 Å². The van der Waals surface area contributed by atoms with E-state index < -0.39 is 0 Å². The Balaban J connectivity index is 1.83. The molecule has 1 aromatic heterocycles. The molecule has 1 saturated carbocycles. The first-order valence-corrected chi connectivity index (χ1v) is 6.21. The van der Waals surface area contributed by atoms with Gasteiger partial charge in [-0.3, -0.25) is 4.98 Å². The lowest BCUT2D eigenvalue weighted by Gasteiger charge is -2.19. The first-order chi connectivity index (χ1) is 7.59. The van der Waals surface area contributed by atoms with Crippen molar-refractivity contribution in [1.29, 1.82) is 0 Å². The zero-order chi connectivity index (χ0) is 11.3. The zero-order valence-electron chi connectivity index (χ0n) is 9.98. The standard InChI is InChI=1S/C14H19NO/c1-14(2)8-11(14)13(16)10-6-5-9-4-3-7-15-12(9)10/h3-4,7,10-11,13,16H,5-6,8H2,1-2H3. The van der Waals surface area contributed by atoms with E-state index in [1.165, 1.54) is 5.56 Å². The second-order valence-corrected chi connectivity index (χ2v) is 5.98. The molecule has 16 heavy (non-hydrogen) atoms. The molecule has 0 spiro atoms. The SMILES string of the molecule is CC1(C)CC1C(O)C1CCc2cccnc21. The number of rotatable bonds is 2. The normalized spacial score (nSPS) is 32.2. The van der Waals surface area contributed by atoms with Gasteiger partial charge in [0, 0.05) is 17.8 Å². The van der Waals surface area contributed by atoms with E-state index in [4.69, 9.17) is 0 Å². The van der Waals surface area contributed by atoms with Crippen molar-refractivity contribution < 1.29 is 5.11 Å². The van der Waals surface area contributed by atoms with Crippen molar-refractivity contribution in [1.82, 2.24) is 4.98 Å². The lowest BCUT2D eigenvalue weighted by Crippen LogP contribution is -2.21. The second-order valence-electron chi connectivity index (χ2n) is 5.98. The topological polar surface area (TPSA) is 33.1 Å². The van der Waals surface area contributed by atoms with Gasteiger partial charge in [0.2, 0.25) is 0 Å². The number of aryl methyl sites for hydroxylation is 1. The molecule has 0 amide bonds. The van der Waals surface area contributed by atoms with Crippen molar-refractivity contribution >= 4 is 0 Å². The Kier molecular flexibility index (Phi) is 2.12. The van der Waals surface area contributed by atoms with Crippen molar-refractivity contribution in [2.45, 2.75) is 45.1 Å². The fourth-order valence-corrected chi connectivity index (χ4v) is 3.15. The molecule has 1 fully saturated rings. The predicted octanol–water partition coefficient (Wildman–Crippen LogP) is 2.52. The lowest BCUT2D eigenvalue weighted by molar-refractivity contribution is 0.106. The summed E-state index contributed by atoms with van der Waals surface area (Å²) in [5, 5.41) is 10.4. The van der Waals surface area contributed by atoms with Crippen LogP contribution in [0.25, 0.3) is 0 Å². The van der Waals surface area contributed by atoms with Gasteiger partial charge in [0.15, 0.2) is 0 Å². The number of nitrogens with zero attached hydrogens (tertiary/aromatic N) is 1. The third kappa shape index (κ3) is 1.47. The maximum absolute atomic E-state index is 10.4. The van der Waals surface area contributed by atoms with Crippen LogP contribution in [0.3, 0.4) is 0 Å². The van der Waals surface area contributed by atoms with Crippen LogP contribution >= 0.6 is 0 Å². The molecule has 1 aromatic rings. The fraction of sp³-hybridized carbons (Fsp3) is 0.643. The van der Waals surface area contributed by atoms with Gasteiger partial charge in [0.05, 0.1) is 6.10 Å². The van der Waals surface area contributed by atoms with Crippen LogP contribution in [0.5, 0.6) is 0 Å². The predicted molar refractivity (Wildman–Crippen MR) is 63.2 cm³/mol. The summed E-state index contributed by atoms with van der Waals surface area (Å²) in [7, 11) is 0. The highest BCUT2D eigenvalue weighted by molar-refractivity contribution is 5.30. The second kappa shape index (κ2) is 3.30. The molecule has 0 bridgehead atoms. The molecule has 0 aromatic carbocycles. The Morgan fingerprint density at radius 2 is 2.25 bits per heavy atom. The molecule has 1 N–H and O–H groups in total. The minimum Gasteiger partial charge on any atom is -0.392 e. The van der Waals surface area contributed by atoms with Gasteiger partial charge in [-0.2, -0.15) is 0 Å². The van der Waals surface area contributed by atoms with Crippen LogP contribution in [0.4, 0.5) is 0 Å². The quantitative estimate of drug-likeness (QED) is 0.825. The highest BCUT2D eigenvalue weighted by Crippen LogP contribution is 2.56. The average Bonchev–Trinajstić information content (AvgIpc) is 2.74. The van der Waals surface area contributed by atoms with E-state index >= 15 is 0 Å². The third-order valence-electron chi connectivity index (χ3n) is 4.42. The maximum Gasteiger partial charge on any atom is 0.0657 e. The Hall–Kier alpha value is -0.890. The van der Waals surface area contributed by atoms with Gasteiger partial charge in [0.25, 0.3) is 0 Å². The van der Waals surface area contributed by atoms with Crippen molar-refractivity contribution in [2.24, 2.45) is 11.3 Å². The van der Waals surface area contributed by atoms with E-state index in [-0.39, 0.29) is 12.0 Å². The molecular formula is C14H19NO. The van der Waals surface area contributed by atoms with Gasteiger partial charge in [0.1, 0.15) is 0 Å². The minimum absolute atomic E-state index is 0.189. The van der Waals surface area contributed by atoms with Crippen LogP contribution in [-0.4, -0.2) is 16.2 Å². The minimum atomic E-state index is -0.189. The maximum atomic E-state index is 10.4. The highest BCUT2D eigenvalue weighted by atomic mass is 16.3. The van der Waals surface area contributed by atoms with E-state index in [1.807, 2.05) is 12.3 Å². The Morgan fingerprint density at radius 3 is 2.94 bits per heavy atom. The van der Waals surface area contributed by atoms with E-state index in [0.717, 1.165) is 25.0 Å². The summed E-state index contributed by atoms with van der Waals surface area (Å²) < 4.78 is 0. The molecule has 0 radical (unpaired) electrons. The summed E-state index contributed by atoms with van der Waals surface area (Å²) in [6, 6.07) is 4.14. The first kappa shape index (κ1) is 10.3. The number of hydrogen-bond acceptors (Lipinski definition) is 2. The number of hydrogen-bond donors (Lipinski definition) is 1. The van der Waals surface area contributed by atoms with Gasteiger partial charge in [-0.05, 0) is 42.2 Å². The zero-order valence-corrected chi connectivity index (χ0v) is 9.98. The number of aromatic nitrogens is 1. The Labute approximate surface area is 96.7 Å². The van der Waals surface area contributed by atoms with Gasteiger partial charge < -0.3 is 5.11 Å². The molecule has 0 saturated heterocycles. The smallest absolute Gasteiger partial charge is 0.0657 e. The molecule has 2 aliphatic carbocycles. The van der Waals surface area contributed by atoms with Crippen LogP contribution in [0.2, 0.25) is 0 Å². The number of pyridine rings is 1. The number of aliphatic hydroxyl groups excluding tert-OH is 1. The van der Waals surface area contributed by atoms with E-state index in [2.05, 4.69) is 24.9 Å². The summed E-state index contributed by atoms with van der Waals surface area (Å²) in [6.45, 7) is 4.49. The highest BCUT2D eigenvalue weighted by Gasteiger charge is 2.52. The average molecular weight is 217 g/mol. The molecule has 1 heterocycles. The summed E-state index contributed by atoms with van der Waals surface area (Å²) in [4.78, 5) is 4.46. The molecule has 0 aliphatic heterocycles. The molecule has 86 valence electrons. The molecular weight excluding hydrogens is 198 g/mol. The van der Waals surface area contributed by atoms with Crippen LogP contribution in [0.1, 0.15) is 43.9 Å². The van der Waals surface area contributed by atoms with Crippen molar-refractivity contribution in [2.75, 3.05) is 0 Å². The summed E-state index contributed by atoms with van der Waals surface area (Å²) in [5.74, 6) is 0.758. The monoisotopic (exact) mass is 217 g/mol. The number of aliphatic hydroxyl groups is 1. The van der Waals surface area contributed by atoms with Gasteiger partial charge in [-0.25, -0.2) is 0 Å². The molecule has 2 aliphatic rings. The van der Waals surface area contributed by atoms with E-state index in [9.17, 15) is 5.11 Å². The summed E-state index contributed by atoms with van der Waals surface area (Å²) in [6.07, 6.45) is 4.97. The van der Waals surface area contributed by atoms with Gasteiger partial charge in [-0.15, -0.1) is 0 Å². The number of fused-ring (bicyclic) bond motifs is 1. The molecule has 3 rings (SSSR count). The van der Waals surface area contributed by atoms with Crippen LogP contribution in [-0.2, 0) is 6.42 Å². The van der Waals surface area contributed by atoms with Gasteiger partial charge >= 0.3 is 0 Å². The fourth-order valence-electron chi connectivity index (χ4n) is 3.15. The van der Waals surface area contributed by atoms with Crippen molar-refractivity contribution in [3.05, 3.63) is 29.6 Å². The summed E-state index contributed by atoms with van der Waals surface area (Å²) in [5.41, 5.74) is 2.83. The van der Waals surface area contributed by atoms with Crippen LogP contribution in [0, 0.1) is 11.3 Å². The van der Waals surface area contributed by atoms with Crippen LogP contribution < -0.4 is 0 Å². The van der Waals surface area contributed by atoms with E-state index in [1.54, 1.807) is 0 Å². The molecule has 2 nitrogen and oxygen atoms in total. The van der Waals surface area contributed by atoms with E-state index in [0.29, 0.717) is 11.3 Å². The van der Waals surface area contributed by atoms with Crippen LogP contribution in [0.15, 0.2) is 18.3 Å². The Bertz CT molecular complexity index is 413. The molecule has 3 atom stereocenters. The largest absolute Gasteiger partial charge is 0.392 e. The van der Waals surface area contributed by atoms with Gasteiger partial charge in [-0.1, -0.05) is 19.9 Å². The third-order valence-corrected chi connectivity index (χ3v) is 4.42.